The zero-order valence-corrected chi connectivity index (χ0v) is 11.7. The summed E-state index contributed by atoms with van der Waals surface area (Å²) in [5.41, 5.74) is 4.14. The first-order chi connectivity index (χ1) is 9.22. The Morgan fingerprint density at radius 2 is 2.11 bits per heavy atom. The van der Waals surface area contributed by atoms with Crippen LogP contribution in [0.5, 0.6) is 0 Å². The monoisotopic (exact) mass is 273 g/mol. The minimum atomic E-state index is -0.244. The standard InChI is InChI=1S/C15H15NO2S/c1-10-8-12(15(17)18-2)13-9-19-14(16(10)13)11-6-4-3-5-7-11/h3-8,14H,9H2,1-2H3/t14-/m1/s1. The third-order valence-corrected chi connectivity index (χ3v) is 4.68. The highest BCUT2D eigenvalue weighted by Crippen LogP contribution is 2.43. The number of rotatable bonds is 2. The van der Waals surface area contributed by atoms with Crippen molar-refractivity contribution < 1.29 is 9.53 Å². The molecule has 0 fully saturated rings. The van der Waals surface area contributed by atoms with Crippen LogP contribution in [0.1, 0.15) is 32.7 Å². The SMILES string of the molecule is COC(=O)c1cc(C)n2c1CS[C@@H]2c1ccccc1. The number of aryl methyl sites for hydroxylation is 1. The number of carbonyl (C=O) groups excluding carboxylic acids is 1. The number of nitrogens with zero attached hydrogens (tertiary/aromatic N) is 1. The van der Waals surface area contributed by atoms with Crippen molar-refractivity contribution in [1.82, 2.24) is 4.57 Å². The largest absolute Gasteiger partial charge is 0.465 e. The van der Waals surface area contributed by atoms with Gasteiger partial charge in [0.25, 0.3) is 0 Å². The molecule has 0 unspecified atom stereocenters. The Balaban J connectivity index is 2.06. The van der Waals surface area contributed by atoms with E-state index in [1.54, 1.807) is 0 Å². The second kappa shape index (κ2) is 4.78. The molecule has 0 N–H and O–H groups in total. The van der Waals surface area contributed by atoms with Crippen molar-refractivity contribution in [2.24, 2.45) is 0 Å². The molecular weight excluding hydrogens is 258 g/mol. The Hall–Kier alpha value is -1.68. The maximum absolute atomic E-state index is 11.8. The van der Waals surface area contributed by atoms with Gasteiger partial charge in [-0.3, -0.25) is 0 Å². The maximum atomic E-state index is 11.8. The van der Waals surface area contributed by atoms with Crippen molar-refractivity contribution in [3.8, 4) is 0 Å². The fraction of sp³-hybridized carbons (Fsp3) is 0.267. The van der Waals surface area contributed by atoms with Gasteiger partial charge in [-0.25, -0.2) is 4.79 Å². The van der Waals surface area contributed by atoms with Crippen LogP contribution in [0.3, 0.4) is 0 Å². The summed E-state index contributed by atoms with van der Waals surface area (Å²) in [5.74, 6) is 0.601. The van der Waals surface area contributed by atoms with Crippen molar-refractivity contribution in [1.29, 1.82) is 0 Å². The summed E-state index contributed by atoms with van der Waals surface area (Å²) in [6.07, 6.45) is 0. The molecule has 2 aromatic rings. The van der Waals surface area contributed by atoms with E-state index in [1.165, 1.54) is 12.7 Å². The zero-order chi connectivity index (χ0) is 13.4. The average molecular weight is 273 g/mol. The van der Waals surface area contributed by atoms with Crippen LogP contribution >= 0.6 is 11.8 Å². The molecule has 0 radical (unpaired) electrons. The number of hydrogen-bond donors (Lipinski definition) is 0. The van der Waals surface area contributed by atoms with Crippen LogP contribution < -0.4 is 0 Å². The Kier molecular flexibility index (Phi) is 3.11. The van der Waals surface area contributed by atoms with Crippen molar-refractivity contribution in [2.45, 2.75) is 18.1 Å². The van der Waals surface area contributed by atoms with E-state index in [4.69, 9.17) is 4.74 Å². The minimum absolute atomic E-state index is 0.244. The van der Waals surface area contributed by atoms with Gasteiger partial charge in [0, 0.05) is 17.1 Å². The van der Waals surface area contributed by atoms with Crippen molar-refractivity contribution in [3.05, 3.63) is 58.9 Å². The Labute approximate surface area is 116 Å². The summed E-state index contributed by atoms with van der Waals surface area (Å²) >= 11 is 1.84. The van der Waals surface area contributed by atoms with Crippen LogP contribution in [-0.4, -0.2) is 17.6 Å². The van der Waals surface area contributed by atoms with Crippen LogP contribution in [0.25, 0.3) is 0 Å². The summed E-state index contributed by atoms with van der Waals surface area (Å²) in [5, 5.41) is 0.259. The lowest BCUT2D eigenvalue weighted by Crippen LogP contribution is -2.06. The van der Waals surface area contributed by atoms with Crippen LogP contribution in [0.2, 0.25) is 0 Å². The number of aromatic nitrogens is 1. The highest BCUT2D eigenvalue weighted by Gasteiger charge is 2.30. The summed E-state index contributed by atoms with van der Waals surface area (Å²) in [6, 6.07) is 12.3. The van der Waals surface area contributed by atoms with Crippen molar-refractivity contribution in [2.75, 3.05) is 7.11 Å². The van der Waals surface area contributed by atoms with Gasteiger partial charge in [0.1, 0.15) is 5.37 Å². The fourth-order valence-corrected chi connectivity index (χ4v) is 3.96. The number of methoxy groups -OCH3 is 1. The van der Waals surface area contributed by atoms with Crippen LogP contribution in [-0.2, 0) is 10.5 Å². The Morgan fingerprint density at radius 3 is 2.79 bits per heavy atom. The molecule has 2 heterocycles. The number of esters is 1. The lowest BCUT2D eigenvalue weighted by Gasteiger charge is -2.15. The van der Waals surface area contributed by atoms with Gasteiger partial charge in [0.05, 0.1) is 12.7 Å². The highest BCUT2D eigenvalue weighted by atomic mass is 32.2. The fourth-order valence-electron chi connectivity index (χ4n) is 2.56. The number of hydrogen-bond acceptors (Lipinski definition) is 3. The van der Waals surface area contributed by atoms with E-state index in [2.05, 4.69) is 16.7 Å². The van der Waals surface area contributed by atoms with Crippen LogP contribution in [0.15, 0.2) is 36.4 Å². The van der Waals surface area contributed by atoms with Crippen LogP contribution in [0.4, 0.5) is 0 Å². The van der Waals surface area contributed by atoms with E-state index in [9.17, 15) is 4.79 Å². The van der Waals surface area contributed by atoms with E-state index >= 15 is 0 Å². The predicted octanol–water partition coefficient (Wildman–Crippen LogP) is 3.38. The lowest BCUT2D eigenvalue weighted by atomic mass is 10.2. The molecule has 1 aromatic heterocycles. The molecule has 0 aliphatic carbocycles. The molecule has 0 spiro atoms. The maximum Gasteiger partial charge on any atom is 0.339 e. The molecular formula is C15H15NO2S. The molecule has 1 atom stereocenters. The highest BCUT2D eigenvalue weighted by molar-refractivity contribution is 7.99. The van der Waals surface area contributed by atoms with E-state index < -0.39 is 0 Å². The van der Waals surface area contributed by atoms with E-state index in [1.807, 2.05) is 43.0 Å². The topological polar surface area (TPSA) is 31.2 Å². The molecule has 3 nitrogen and oxygen atoms in total. The number of fused-ring (bicyclic) bond motifs is 1. The molecule has 98 valence electrons. The minimum Gasteiger partial charge on any atom is -0.465 e. The lowest BCUT2D eigenvalue weighted by molar-refractivity contribution is 0.0600. The van der Waals surface area contributed by atoms with E-state index in [0.717, 1.165) is 17.1 Å². The number of ether oxygens (including phenoxy) is 1. The number of benzene rings is 1. The molecule has 0 saturated heterocycles. The first-order valence-electron chi connectivity index (χ1n) is 6.18. The molecule has 19 heavy (non-hydrogen) atoms. The third-order valence-electron chi connectivity index (χ3n) is 3.44. The summed E-state index contributed by atoms with van der Waals surface area (Å²) < 4.78 is 7.10. The third kappa shape index (κ3) is 1.96. The normalized spacial score (nSPS) is 17.3. The summed E-state index contributed by atoms with van der Waals surface area (Å²) in [4.78, 5) is 11.8. The second-order valence-corrected chi connectivity index (χ2v) is 5.65. The first-order valence-corrected chi connectivity index (χ1v) is 7.23. The molecule has 1 aliphatic rings. The molecule has 0 saturated carbocycles. The van der Waals surface area contributed by atoms with Gasteiger partial charge in [-0.1, -0.05) is 30.3 Å². The molecule has 0 amide bonds. The van der Waals surface area contributed by atoms with Crippen LogP contribution in [0, 0.1) is 6.92 Å². The average Bonchev–Trinajstić information content (AvgIpc) is 3.01. The smallest absolute Gasteiger partial charge is 0.339 e. The first kappa shape index (κ1) is 12.4. The van der Waals surface area contributed by atoms with Crippen molar-refractivity contribution >= 4 is 17.7 Å². The summed E-state index contributed by atoms with van der Waals surface area (Å²) in [6.45, 7) is 2.04. The molecule has 1 aliphatic heterocycles. The van der Waals surface area contributed by atoms with Gasteiger partial charge < -0.3 is 9.30 Å². The zero-order valence-electron chi connectivity index (χ0n) is 10.9. The van der Waals surface area contributed by atoms with Gasteiger partial charge in [-0.2, -0.15) is 0 Å². The van der Waals surface area contributed by atoms with E-state index in [0.29, 0.717) is 5.56 Å². The number of carbonyl (C=O) groups is 1. The summed E-state index contributed by atoms with van der Waals surface area (Å²) in [7, 11) is 1.43. The number of thioether (sulfide) groups is 1. The van der Waals surface area contributed by atoms with Gasteiger partial charge >= 0.3 is 5.97 Å². The van der Waals surface area contributed by atoms with Gasteiger partial charge in [0.2, 0.25) is 0 Å². The quantitative estimate of drug-likeness (QED) is 0.786. The van der Waals surface area contributed by atoms with Gasteiger partial charge in [-0.15, -0.1) is 11.8 Å². The molecule has 1 aromatic carbocycles. The van der Waals surface area contributed by atoms with Gasteiger partial charge in [-0.05, 0) is 18.6 Å². The molecule has 0 bridgehead atoms. The van der Waals surface area contributed by atoms with E-state index in [-0.39, 0.29) is 11.3 Å². The second-order valence-electron chi connectivity index (χ2n) is 4.58. The van der Waals surface area contributed by atoms with Gasteiger partial charge in [0.15, 0.2) is 0 Å². The molecule has 4 heteroatoms. The Morgan fingerprint density at radius 1 is 1.37 bits per heavy atom. The molecule has 3 rings (SSSR count). The predicted molar refractivity (Wildman–Crippen MR) is 76.4 cm³/mol. The Bertz CT molecular complexity index is 619. The van der Waals surface area contributed by atoms with Crippen molar-refractivity contribution in [3.63, 3.8) is 0 Å².